The normalized spacial score (nSPS) is 24.0. The molecule has 1 atom stereocenters. The summed E-state index contributed by atoms with van der Waals surface area (Å²) in [5, 5.41) is 5.85. The molecule has 1 unspecified atom stereocenters. The summed E-state index contributed by atoms with van der Waals surface area (Å²) in [5.41, 5.74) is 0. The fraction of sp³-hybridized carbons (Fsp3) is 0.846. The Labute approximate surface area is 113 Å². The Balaban J connectivity index is 1.64. The maximum absolute atomic E-state index is 11.8. The van der Waals surface area contributed by atoms with E-state index in [1.807, 2.05) is 0 Å². The van der Waals surface area contributed by atoms with Gasteiger partial charge in [-0.25, -0.2) is 0 Å². The molecule has 2 saturated heterocycles. The monoisotopic (exact) mass is 269 g/mol. The zero-order chi connectivity index (χ0) is 13.5. The van der Waals surface area contributed by atoms with Crippen LogP contribution >= 0.6 is 0 Å². The topological polar surface area (TPSA) is 70.7 Å². The number of amides is 2. The first kappa shape index (κ1) is 14.3. The molecule has 0 aromatic rings. The van der Waals surface area contributed by atoms with Crippen LogP contribution in [0.15, 0.2) is 0 Å². The third-order valence-corrected chi connectivity index (χ3v) is 3.62. The van der Waals surface area contributed by atoms with Crippen molar-refractivity contribution in [2.24, 2.45) is 0 Å². The lowest BCUT2D eigenvalue weighted by Gasteiger charge is -2.27. The molecular weight excluding hydrogens is 246 g/mol. The Morgan fingerprint density at radius 2 is 2.05 bits per heavy atom. The lowest BCUT2D eigenvalue weighted by molar-refractivity contribution is -0.146. The highest BCUT2D eigenvalue weighted by Gasteiger charge is 2.23. The summed E-state index contributed by atoms with van der Waals surface area (Å²) in [6.45, 7) is 4.07. The van der Waals surface area contributed by atoms with E-state index in [0.29, 0.717) is 19.6 Å². The van der Waals surface area contributed by atoms with Crippen LogP contribution in [0.25, 0.3) is 0 Å². The van der Waals surface area contributed by atoms with Gasteiger partial charge in [-0.15, -0.1) is 0 Å². The average Bonchev–Trinajstić information content (AvgIpc) is 2.48. The van der Waals surface area contributed by atoms with Crippen LogP contribution < -0.4 is 10.6 Å². The number of carbonyl (C=O) groups is 2. The number of rotatable bonds is 3. The van der Waals surface area contributed by atoms with Crippen molar-refractivity contribution in [3.8, 4) is 0 Å². The first-order valence-electron chi connectivity index (χ1n) is 7.17. The van der Waals surface area contributed by atoms with E-state index in [2.05, 4.69) is 10.6 Å². The van der Waals surface area contributed by atoms with E-state index in [-0.39, 0.29) is 6.10 Å². The standard InChI is InChI=1S/C13H23N3O3/c17-12(13(18)16-8-6-14-7-9-16)15-5-4-11-3-1-2-10-19-11/h11,14H,1-10H2,(H,15,17). The van der Waals surface area contributed by atoms with Crippen LogP contribution in [-0.2, 0) is 14.3 Å². The fourth-order valence-corrected chi connectivity index (χ4v) is 2.47. The quantitative estimate of drug-likeness (QED) is 0.677. The van der Waals surface area contributed by atoms with Gasteiger partial charge in [0.15, 0.2) is 0 Å². The molecule has 2 aliphatic heterocycles. The van der Waals surface area contributed by atoms with Crippen LogP contribution in [0.5, 0.6) is 0 Å². The van der Waals surface area contributed by atoms with Gasteiger partial charge in [0, 0.05) is 39.3 Å². The smallest absolute Gasteiger partial charge is 0.311 e. The van der Waals surface area contributed by atoms with Gasteiger partial charge in [-0.05, 0) is 25.7 Å². The fourth-order valence-electron chi connectivity index (χ4n) is 2.47. The minimum absolute atomic E-state index is 0.239. The minimum Gasteiger partial charge on any atom is -0.378 e. The lowest BCUT2D eigenvalue weighted by Crippen LogP contribution is -2.51. The summed E-state index contributed by atoms with van der Waals surface area (Å²) in [6.07, 6.45) is 4.41. The number of nitrogens with zero attached hydrogens (tertiary/aromatic N) is 1. The van der Waals surface area contributed by atoms with Gasteiger partial charge in [0.1, 0.15) is 0 Å². The van der Waals surface area contributed by atoms with Crippen LogP contribution in [-0.4, -0.2) is 62.1 Å². The van der Waals surface area contributed by atoms with Crippen molar-refractivity contribution in [3.63, 3.8) is 0 Å². The van der Waals surface area contributed by atoms with Gasteiger partial charge in [-0.3, -0.25) is 9.59 Å². The molecule has 6 nitrogen and oxygen atoms in total. The van der Waals surface area contributed by atoms with Gasteiger partial charge >= 0.3 is 11.8 Å². The molecule has 6 heteroatoms. The second-order valence-corrected chi connectivity index (χ2v) is 5.08. The van der Waals surface area contributed by atoms with Crippen molar-refractivity contribution >= 4 is 11.8 Å². The van der Waals surface area contributed by atoms with Crippen molar-refractivity contribution in [2.45, 2.75) is 31.8 Å². The molecule has 0 spiro atoms. The molecule has 2 rings (SSSR count). The van der Waals surface area contributed by atoms with Crippen molar-refractivity contribution in [2.75, 3.05) is 39.3 Å². The molecule has 0 radical (unpaired) electrons. The maximum Gasteiger partial charge on any atom is 0.311 e. The van der Waals surface area contributed by atoms with E-state index >= 15 is 0 Å². The molecule has 0 aliphatic carbocycles. The summed E-state index contributed by atoms with van der Waals surface area (Å²) in [7, 11) is 0. The van der Waals surface area contributed by atoms with Crippen molar-refractivity contribution < 1.29 is 14.3 Å². The Morgan fingerprint density at radius 1 is 1.26 bits per heavy atom. The third-order valence-electron chi connectivity index (χ3n) is 3.62. The number of hydrogen-bond acceptors (Lipinski definition) is 4. The summed E-state index contributed by atoms with van der Waals surface area (Å²) in [4.78, 5) is 25.2. The van der Waals surface area contributed by atoms with E-state index in [1.54, 1.807) is 4.90 Å². The Kier molecular flexibility index (Phi) is 5.60. The van der Waals surface area contributed by atoms with Crippen LogP contribution in [0.4, 0.5) is 0 Å². The van der Waals surface area contributed by atoms with Gasteiger partial charge in [-0.2, -0.15) is 0 Å². The van der Waals surface area contributed by atoms with Crippen molar-refractivity contribution in [1.29, 1.82) is 0 Å². The van der Waals surface area contributed by atoms with E-state index in [4.69, 9.17) is 4.74 Å². The number of ether oxygens (including phenoxy) is 1. The summed E-state index contributed by atoms with van der Waals surface area (Å²) in [5.74, 6) is -0.899. The van der Waals surface area contributed by atoms with Crippen molar-refractivity contribution in [1.82, 2.24) is 15.5 Å². The van der Waals surface area contributed by atoms with E-state index in [0.717, 1.165) is 39.0 Å². The predicted molar refractivity (Wildman–Crippen MR) is 70.7 cm³/mol. The van der Waals surface area contributed by atoms with E-state index in [1.165, 1.54) is 6.42 Å². The summed E-state index contributed by atoms with van der Waals surface area (Å²) >= 11 is 0. The molecule has 0 aromatic carbocycles. The number of hydrogen-bond donors (Lipinski definition) is 2. The summed E-state index contributed by atoms with van der Waals surface area (Å²) < 4.78 is 5.58. The van der Waals surface area contributed by atoms with Crippen LogP contribution in [0.2, 0.25) is 0 Å². The Bertz CT molecular complexity index is 310. The van der Waals surface area contributed by atoms with Gasteiger partial charge in [-0.1, -0.05) is 0 Å². The second-order valence-electron chi connectivity index (χ2n) is 5.08. The maximum atomic E-state index is 11.8. The second kappa shape index (κ2) is 7.45. The molecule has 0 bridgehead atoms. The predicted octanol–water partition coefficient (Wildman–Crippen LogP) is -0.506. The highest BCUT2D eigenvalue weighted by molar-refractivity contribution is 6.35. The summed E-state index contributed by atoms with van der Waals surface area (Å²) in [6, 6.07) is 0. The third kappa shape index (κ3) is 4.47. The molecule has 0 aromatic heterocycles. The van der Waals surface area contributed by atoms with Gasteiger partial charge in [0.05, 0.1) is 6.10 Å². The highest BCUT2D eigenvalue weighted by atomic mass is 16.5. The van der Waals surface area contributed by atoms with Crippen LogP contribution in [0.1, 0.15) is 25.7 Å². The molecule has 2 fully saturated rings. The average molecular weight is 269 g/mol. The molecule has 19 heavy (non-hydrogen) atoms. The zero-order valence-electron chi connectivity index (χ0n) is 11.3. The molecule has 0 saturated carbocycles. The highest BCUT2D eigenvalue weighted by Crippen LogP contribution is 2.14. The molecule has 2 heterocycles. The zero-order valence-corrected chi connectivity index (χ0v) is 11.3. The van der Waals surface area contributed by atoms with E-state index in [9.17, 15) is 9.59 Å². The molecule has 2 amide bonds. The Hall–Kier alpha value is -1.14. The van der Waals surface area contributed by atoms with E-state index < -0.39 is 11.8 Å². The number of nitrogens with one attached hydrogen (secondary N) is 2. The SMILES string of the molecule is O=C(NCCC1CCCCO1)C(=O)N1CCNCC1. The molecule has 108 valence electrons. The number of piperazine rings is 1. The van der Waals surface area contributed by atoms with Crippen molar-refractivity contribution in [3.05, 3.63) is 0 Å². The molecule has 2 N–H and O–H groups in total. The molecule has 2 aliphatic rings. The van der Waals surface area contributed by atoms with Gasteiger partial charge < -0.3 is 20.3 Å². The van der Waals surface area contributed by atoms with Gasteiger partial charge in [0.25, 0.3) is 0 Å². The molecular formula is C13H23N3O3. The first-order valence-corrected chi connectivity index (χ1v) is 7.17. The van der Waals surface area contributed by atoms with Crippen LogP contribution in [0, 0.1) is 0 Å². The van der Waals surface area contributed by atoms with Crippen LogP contribution in [0.3, 0.4) is 0 Å². The largest absolute Gasteiger partial charge is 0.378 e. The Morgan fingerprint density at radius 3 is 2.74 bits per heavy atom. The van der Waals surface area contributed by atoms with Gasteiger partial charge in [0.2, 0.25) is 0 Å². The minimum atomic E-state index is -0.488. The lowest BCUT2D eigenvalue weighted by atomic mass is 10.1. The first-order chi connectivity index (χ1) is 9.27. The number of carbonyl (C=O) groups excluding carboxylic acids is 2.